The number of aromatic amines is 1. The molecule has 4 aromatic rings. The van der Waals surface area contributed by atoms with Crippen molar-refractivity contribution in [3.05, 3.63) is 83.7 Å². The number of benzene rings is 3. The smallest absolute Gasteiger partial charge is 0.190 e. The molecule has 1 heterocycles. The summed E-state index contributed by atoms with van der Waals surface area (Å²) in [6.45, 7) is 7.05. The first kappa shape index (κ1) is 24.0. The molecule has 7 nitrogen and oxygen atoms in total. The number of hydrogen-bond acceptors (Lipinski definition) is 5. The predicted octanol–water partition coefficient (Wildman–Crippen LogP) is 6.01. The summed E-state index contributed by atoms with van der Waals surface area (Å²) in [6.07, 6.45) is 2.70. The number of fused-ring (bicyclic) bond motifs is 1. The number of nitrogens with one attached hydrogen (secondary N) is 2. The summed E-state index contributed by atoms with van der Waals surface area (Å²) in [6, 6.07) is 21.6. The van der Waals surface area contributed by atoms with Crippen LogP contribution in [0.15, 0.2) is 76.8 Å². The van der Waals surface area contributed by atoms with Gasteiger partial charge in [-0.25, -0.2) is 9.98 Å². The third kappa shape index (κ3) is 6.47. The van der Waals surface area contributed by atoms with Crippen LogP contribution in [0.5, 0.6) is 11.5 Å². The Balaban J connectivity index is 1.55. The fraction of sp³-hybridized carbons (Fsp3) is 0.250. The van der Waals surface area contributed by atoms with Gasteiger partial charge in [-0.15, -0.1) is 0 Å². The van der Waals surface area contributed by atoms with Crippen LogP contribution in [0.1, 0.15) is 37.2 Å². The molecule has 0 atom stereocenters. The Morgan fingerprint density at radius 1 is 1.06 bits per heavy atom. The van der Waals surface area contributed by atoms with E-state index in [2.05, 4.69) is 34.3 Å². The van der Waals surface area contributed by atoms with Crippen LogP contribution in [-0.2, 0) is 0 Å². The maximum Gasteiger partial charge on any atom is 0.190 e. The van der Waals surface area contributed by atoms with Crippen LogP contribution in [0.4, 0.5) is 5.69 Å². The topological polar surface area (TPSA) is 83.9 Å². The maximum absolute atomic E-state index is 5.88. The number of para-hydroxylation sites is 2. The fourth-order valence-electron chi connectivity index (χ4n) is 3.40. The zero-order valence-electron chi connectivity index (χ0n) is 20.6. The molecule has 2 N–H and O–H groups in total. The van der Waals surface area contributed by atoms with Gasteiger partial charge >= 0.3 is 0 Å². The van der Waals surface area contributed by atoms with Crippen molar-refractivity contribution in [2.24, 2.45) is 16.0 Å². The van der Waals surface area contributed by atoms with E-state index in [1.54, 1.807) is 13.3 Å². The quantitative estimate of drug-likeness (QED) is 0.179. The second kappa shape index (κ2) is 11.3. The van der Waals surface area contributed by atoms with Gasteiger partial charge in [-0.2, -0.15) is 5.10 Å². The maximum atomic E-state index is 5.88. The Labute approximate surface area is 205 Å². The first-order chi connectivity index (χ1) is 17.0. The number of amidine groups is 1. The van der Waals surface area contributed by atoms with E-state index in [0.717, 1.165) is 34.5 Å². The Morgan fingerprint density at radius 3 is 2.60 bits per heavy atom. The van der Waals surface area contributed by atoms with Crippen molar-refractivity contribution in [3.63, 3.8) is 0 Å². The molecule has 0 aliphatic carbocycles. The van der Waals surface area contributed by atoms with E-state index in [0.29, 0.717) is 29.9 Å². The zero-order chi connectivity index (χ0) is 24.6. The van der Waals surface area contributed by atoms with Crippen LogP contribution in [0, 0.1) is 12.8 Å². The summed E-state index contributed by atoms with van der Waals surface area (Å²) in [5.74, 6) is 3.10. The van der Waals surface area contributed by atoms with Crippen molar-refractivity contribution in [3.8, 4) is 11.5 Å². The van der Waals surface area contributed by atoms with Gasteiger partial charge in [0.25, 0.3) is 0 Å². The van der Waals surface area contributed by atoms with Gasteiger partial charge in [0.15, 0.2) is 23.2 Å². The number of imidazole rings is 1. The third-order valence-electron chi connectivity index (χ3n) is 5.41. The number of H-pyrrole nitrogens is 1. The van der Waals surface area contributed by atoms with E-state index in [1.807, 2.05) is 73.7 Å². The van der Waals surface area contributed by atoms with Crippen molar-refractivity contribution >= 4 is 28.8 Å². The van der Waals surface area contributed by atoms with E-state index >= 15 is 0 Å². The lowest BCUT2D eigenvalue weighted by molar-refractivity contribution is 0.273. The minimum absolute atomic E-state index is 0.516. The molecule has 3 aromatic carbocycles. The van der Waals surface area contributed by atoms with Gasteiger partial charge in [0.05, 0.1) is 36.7 Å². The van der Waals surface area contributed by atoms with Crippen molar-refractivity contribution in [1.82, 2.24) is 15.4 Å². The molecule has 0 fully saturated rings. The van der Waals surface area contributed by atoms with Crippen molar-refractivity contribution < 1.29 is 9.47 Å². The normalized spacial score (nSPS) is 12.0. The standard InChI is InChI=1S/C28H31N5O2/c1-19(2)15-16-35-25-14-11-21(17-26(25)34-4)18-29-33-28(30-22-12-9-20(3)10-13-22)27-31-23-7-5-6-8-24(23)32-27/h5-14,17-19H,15-16H2,1-4H3,(H,30,33)(H,31,32). The minimum atomic E-state index is 0.516. The highest BCUT2D eigenvalue weighted by atomic mass is 16.5. The highest BCUT2D eigenvalue weighted by Crippen LogP contribution is 2.28. The van der Waals surface area contributed by atoms with Crippen LogP contribution < -0.4 is 14.9 Å². The second-order valence-corrected chi connectivity index (χ2v) is 8.71. The van der Waals surface area contributed by atoms with Gasteiger partial charge in [0.1, 0.15) is 0 Å². The Morgan fingerprint density at radius 2 is 1.86 bits per heavy atom. The van der Waals surface area contributed by atoms with Crippen molar-refractivity contribution in [2.75, 3.05) is 13.7 Å². The van der Waals surface area contributed by atoms with Gasteiger partial charge < -0.3 is 14.5 Å². The number of methoxy groups -OCH3 is 1. The third-order valence-corrected chi connectivity index (χ3v) is 5.41. The first-order valence-electron chi connectivity index (χ1n) is 11.7. The molecule has 0 amide bonds. The number of aliphatic imine (C=N–C) groups is 1. The summed E-state index contributed by atoms with van der Waals surface area (Å²) in [4.78, 5) is 12.7. The molecule has 35 heavy (non-hydrogen) atoms. The lowest BCUT2D eigenvalue weighted by Crippen LogP contribution is -2.20. The molecular formula is C28H31N5O2. The predicted molar refractivity (Wildman–Crippen MR) is 142 cm³/mol. The molecule has 180 valence electrons. The molecule has 0 radical (unpaired) electrons. The number of aromatic nitrogens is 2. The summed E-state index contributed by atoms with van der Waals surface area (Å²) < 4.78 is 11.4. The summed E-state index contributed by atoms with van der Waals surface area (Å²) in [5.41, 5.74) is 7.70. The molecule has 0 unspecified atom stereocenters. The van der Waals surface area contributed by atoms with Crippen LogP contribution >= 0.6 is 0 Å². The van der Waals surface area contributed by atoms with Gasteiger partial charge in [-0.05, 0) is 67.3 Å². The fourth-order valence-corrected chi connectivity index (χ4v) is 3.40. The average Bonchev–Trinajstić information content (AvgIpc) is 3.29. The minimum Gasteiger partial charge on any atom is -0.493 e. The number of ether oxygens (including phenoxy) is 2. The van der Waals surface area contributed by atoms with Crippen molar-refractivity contribution in [1.29, 1.82) is 0 Å². The van der Waals surface area contributed by atoms with Crippen LogP contribution in [0.2, 0.25) is 0 Å². The molecule has 7 heteroatoms. The highest BCUT2D eigenvalue weighted by Gasteiger charge is 2.10. The molecule has 0 spiro atoms. The number of nitrogens with zero attached hydrogens (tertiary/aromatic N) is 3. The Hall–Kier alpha value is -4.13. The van der Waals surface area contributed by atoms with Crippen LogP contribution in [0.25, 0.3) is 11.0 Å². The number of rotatable bonds is 9. The molecule has 0 aliphatic rings. The van der Waals surface area contributed by atoms with E-state index < -0.39 is 0 Å². The molecule has 0 bridgehead atoms. The van der Waals surface area contributed by atoms with Gasteiger partial charge in [0, 0.05) is 0 Å². The van der Waals surface area contributed by atoms with Crippen molar-refractivity contribution in [2.45, 2.75) is 27.2 Å². The molecule has 0 saturated heterocycles. The lowest BCUT2D eigenvalue weighted by Gasteiger charge is -2.12. The number of aryl methyl sites for hydroxylation is 1. The molecule has 1 aromatic heterocycles. The zero-order valence-corrected chi connectivity index (χ0v) is 20.6. The van der Waals surface area contributed by atoms with Crippen LogP contribution in [-0.4, -0.2) is 35.7 Å². The van der Waals surface area contributed by atoms with E-state index in [1.165, 1.54) is 5.56 Å². The van der Waals surface area contributed by atoms with E-state index in [-0.39, 0.29) is 0 Å². The second-order valence-electron chi connectivity index (χ2n) is 8.71. The Bertz CT molecular complexity index is 1290. The van der Waals surface area contributed by atoms with Gasteiger partial charge in [-0.3, -0.25) is 5.43 Å². The average molecular weight is 470 g/mol. The Kier molecular flexibility index (Phi) is 7.77. The van der Waals surface area contributed by atoms with E-state index in [9.17, 15) is 0 Å². The van der Waals surface area contributed by atoms with Gasteiger partial charge in [0.2, 0.25) is 0 Å². The summed E-state index contributed by atoms with van der Waals surface area (Å²) >= 11 is 0. The summed E-state index contributed by atoms with van der Waals surface area (Å²) in [5, 5.41) is 4.43. The molecule has 4 rings (SSSR count). The number of hydrogen-bond donors (Lipinski definition) is 2. The lowest BCUT2D eigenvalue weighted by atomic mass is 10.1. The summed E-state index contributed by atoms with van der Waals surface area (Å²) in [7, 11) is 1.64. The molecule has 0 saturated carbocycles. The van der Waals surface area contributed by atoms with E-state index in [4.69, 9.17) is 14.5 Å². The number of hydrazone groups is 1. The first-order valence-corrected chi connectivity index (χ1v) is 11.7. The monoisotopic (exact) mass is 469 g/mol. The molecule has 0 aliphatic heterocycles. The van der Waals surface area contributed by atoms with Crippen LogP contribution in [0.3, 0.4) is 0 Å². The highest BCUT2D eigenvalue weighted by molar-refractivity contribution is 6.00. The SMILES string of the molecule is COc1cc(C=NNC(=Nc2ccc(C)cc2)c2nc3ccccc3[nH]2)ccc1OCCC(C)C. The molecular weight excluding hydrogens is 438 g/mol. The van der Waals surface area contributed by atoms with Gasteiger partial charge in [-0.1, -0.05) is 43.7 Å². The largest absolute Gasteiger partial charge is 0.493 e.